The topological polar surface area (TPSA) is 61.4 Å². The van der Waals surface area contributed by atoms with Crippen molar-refractivity contribution in [3.8, 4) is 11.1 Å². The number of alkyl halides is 3. The monoisotopic (exact) mass is 587 g/mol. The maximum absolute atomic E-state index is 13.8. The van der Waals surface area contributed by atoms with E-state index in [1.807, 2.05) is 79.0 Å². The van der Waals surface area contributed by atoms with E-state index in [-0.39, 0.29) is 12.1 Å². The lowest BCUT2D eigenvalue weighted by Crippen LogP contribution is -2.57. The zero-order valence-corrected chi connectivity index (χ0v) is 24.4. The van der Waals surface area contributed by atoms with Crippen molar-refractivity contribution in [3.05, 3.63) is 90.1 Å². The number of benzene rings is 3. The van der Waals surface area contributed by atoms with E-state index in [9.17, 15) is 18.0 Å². The first-order chi connectivity index (χ1) is 20.7. The number of unbranched alkanes of at least 4 members (excludes halogenated alkanes) is 1. The number of nitrogens with zero attached hydrogens (tertiary/aromatic N) is 4. The lowest BCUT2D eigenvalue weighted by Gasteiger charge is -2.44. The van der Waals surface area contributed by atoms with Gasteiger partial charge in [-0.3, -0.25) is 9.69 Å². The van der Waals surface area contributed by atoms with Crippen LogP contribution >= 0.6 is 0 Å². The fourth-order valence-corrected chi connectivity index (χ4v) is 7.04. The third-order valence-electron chi connectivity index (χ3n) is 8.98. The van der Waals surface area contributed by atoms with E-state index in [4.69, 9.17) is 4.98 Å². The predicted octanol–water partition coefficient (Wildman–Crippen LogP) is 6.34. The Kier molecular flexibility index (Phi) is 7.85. The smallest absolute Gasteiger partial charge is 0.346 e. The summed E-state index contributed by atoms with van der Waals surface area (Å²) >= 11 is 0. The first-order valence-electron chi connectivity index (χ1n) is 14.9. The zero-order chi connectivity index (χ0) is 30.2. The number of nitrogens with one attached hydrogen (secondary N) is 1. The minimum Gasteiger partial charge on any atom is -0.346 e. The molecule has 2 atom stereocenters. The van der Waals surface area contributed by atoms with Crippen molar-refractivity contribution in [3.63, 3.8) is 0 Å². The summed E-state index contributed by atoms with van der Waals surface area (Å²) in [7, 11) is 0. The maximum atomic E-state index is 13.8. The van der Waals surface area contributed by atoms with Gasteiger partial charge in [-0.2, -0.15) is 13.2 Å². The average Bonchev–Trinajstić information content (AvgIpc) is 3.29. The normalized spacial score (nSPS) is 19.7. The summed E-state index contributed by atoms with van der Waals surface area (Å²) in [5.74, 6) is 0.149. The van der Waals surface area contributed by atoms with Crippen LogP contribution in [0.1, 0.15) is 44.2 Å². The molecule has 2 aliphatic rings. The highest BCUT2D eigenvalue weighted by Crippen LogP contribution is 2.51. The van der Waals surface area contributed by atoms with Crippen molar-refractivity contribution in [2.75, 3.05) is 31.1 Å². The second-order valence-electron chi connectivity index (χ2n) is 11.8. The second kappa shape index (κ2) is 11.6. The molecule has 1 aliphatic carbocycles. The summed E-state index contributed by atoms with van der Waals surface area (Å²) in [4.78, 5) is 27.9. The molecule has 1 amide bonds. The summed E-state index contributed by atoms with van der Waals surface area (Å²) in [6.07, 6.45) is -0.673. The van der Waals surface area contributed by atoms with Crippen LogP contribution in [0.15, 0.2) is 79.0 Å². The number of hydrogen-bond donors (Lipinski definition) is 1. The third-order valence-corrected chi connectivity index (χ3v) is 8.98. The molecule has 0 saturated carbocycles. The lowest BCUT2D eigenvalue weighted by molar-refractivity contribution is -0.141. The van der Waals surface area contributed by atoms with E-state index in [2.05, 4.69) is 33.9 Å². The van der Waals surface area contributed by atoms with Crippen LogP contribution in [0, 0.1) is 0 Å². The van der Waals surface area contributed by atoms with Gasteiger partial charge in [-0.25, -0.2) is 9.97 Å². The van der Waals surface area contributed by atoms with Crippen LogP contribution in [0.2, 0.25) is 0 Å². The number of amides is 1. The Morgan fingerprint density at radius 3 is 2.16 bits per heavy atom. The van der Waals surface area contributed by atoms with Gasteiger partial charge in [0.05, 0.1) is 5.52 Å². The fraction of sp³-hybridized carbons (Fsp3) is 0.382. The molecule has 1 aliphatic heterocycles. The molecule has 1 fully saturated rings. The second-order valence-corrected chi connectivity index (χ2v) is 11.8. The fourth-order valence-electron chi connectivity index (χ4n) is 7.04. The Labute approximate surface area is 249 Å². The van der Waals surface area contributed by atoms with Gasteiger partial charge in [0.15, 0.2) is 0 Å². The van der Waals surface area contributed by atoms with Crippen molar-refractivity contribution in [1.29, 1.82) is 0 Å². The summed E-state index contributed by atoms with van der Waals surface area (Å²) in [5.41, 5.74) is 3.15. The van der Waals surface area contributed by atoms with Gasteiger partial charge >= 0.3 is 6.18 Å². The number of piperazine rings is 1. The number of hydrogen-bond acceptors (Lipinski definition) is 5. The summed E-state index contributed by atoms with van der Waals surface area (Å²) < 4.78 is 39.5. The minimum atomic E-state index is -4.49. The number of rotatable bonds is 8. The molecule has 0 spiro atoms. The molecule has 224 valence electrons. The van der Waals surface area contributed by atoms with Crippen LogP contribution in [0.4, 0.5) is 19.1 Å². The van der Waals surface area contributed by atoms with Gasteiger partial charge in [0.1, 0.15) is 12.0 Å². The number of anilines is 1. The van der Waals surface area contributed by atoms with Crippen LogP contribution < -0.4 is 10.2 Å². The van der Waals surface area contributed by atoms with Crippen LogP contribution in [-0.4, -0.2) is 65.2 Å². The maximum Gasteiger partial charge on any atom is 0.405 e. The highest BCUT2D eigenvalue weighted by molar-refractivity contribution is 6.00. The summed E-state index contributed by atoms with van der Waals surface area (Å²) in [5, 5.41) is 3.25. The summed E-state index contributed by atoms with van der Waals surface area (Å²) in [6.45, 7) is 5.50. The molecule has 1 saturated heterocycles. The molecule has 43 heavy (non-hydrogen) atoms. The van der Waals surface area contributed by atoms with Gasteiger partial charge in [0, 0.05) is 36.8 Å². The lowest BCUT2D eigenvalue weighted by atomic mass is 9.73. The van der Waals surface area contributed by atoms with Gasteiger partial charge in [-0.15, -0.1) is 0 Å². The first kappa shape index (κ1) is 29.1. The SMILES string of the molecule is C[C@@H]1CN(c2ncc3ccccc3n2)C[C@H](C)N1CCCCC1(C(=O)NCC(F)(F)F)c2ccccc2-c2ccccc21. The van der Waals surface area contributed by atoms with Crippen molar-refractivity contribution >= 4 is 22.8 Å². The van der Waals surface area contributed by atoms with E-state index in [0.29, 0.717) is 12.8 Å². The van der Waals surface area contributed by atoms with Crippen LogP contribution in [0.5, 0.6) is 0 Å². The number of carbonyl (C=O) groups is 1. The Morgan fingerprint density at radius 1 is 0.907 bits per heavy atom. The molecule has 1 N–H and O–H groups in total. The van der Waals surface area contributed by atoms with E-state index < -0.39 is 24.0 Å². The Hall–Kier alpha value is -3.98. The standard InChI is InChI=1S/C34H36F3N5O/c1-23-20-41(32-38-19-25-11-3-8-16-30(25)40-32)21-24(2)42(23)18-10-9-17-33(31(43)39-22-34(35,36)37)28-14-6-4-12-26(28)27-13-5-7-15-29(27)33/h3-8,11-16,19,23-24H,9-10,17-18,20-22H2,1-2H3,(H,39,43)/t23-,24+. The largest absolute Gasteiger partial charge is 0.405 e. The molecule has 1 aromatic heterocycles. The summed E-state index contributed by atoms with van der Waals surface area (Å²) in [6, 6.07) is 23.7. The Bertz CT molecular complexity index is 1570. The van der Waals surface area contributed by atoms with E-state index in [1.165, 1.54) is 0 Å². The highest BCUT2D eigenvalue weighted by atomic mass is 19.4. The molecular formula is C34H36F3N5O. The average molecular weight is 588 g/mol. The Balaban J connectivity index is 1.16. The molecule has 0 radical (unpaired) electrons. The first-order valence-corrected chi connectivity index (χ1v) is 14.9. The molecule has 3 aromatic carbocycles. The van der Waals surface area contributed by atoms with Crippen molar-refractivity contribution < 1.29 is 18.0 Å². The van der Waals surface area contributed by atoms with Gasteiger partial charge in [-0.05, 0) is 61.6 Å². The van der Waals surface area contributed by atoms with Crippen LogP contribution in [-0.2, 0) is 10.2 Å². The van der Waals surface area contributed by atoms with Crippen molar-refractivity contribution in [2.24, 2.45) is 0 Å². The highest BCUT2D eigenvalue weighted by Gasteiger charge is 2.49. The third kappa shape index (κ3) is 5.58. The van der Waals surface area contributed by atoms with Gasteiger partial charge in [0.2, 0.25) is 11.9 Å². The van der Waals surface area contributed by atoms with Crippen LogP contribution in [0.3, 0.4) is 0 Å². The molecule has 6 rings (SSSR count). The quantitative estimate of drug-likeness (QED) is 0.244. The van der Waals surface area contributed by atoms with Crippen molar-refractivity contribution in [2.45, 2.75) is 56.8 Å². The number of halogens is 3. The molecular weight excluding hydrogens is 551 g/mol. The molecule has 6 nitrogen and oxygen atoms in total. The number of carbonyl (C=O) groups excluding carboxylic acids is 1. The number of aromatic nitrogens is 2. The van der Waals surface area contributed by atoms with E-state index in [0.717, 1.165) is 65.2 Å². The van der Waals surface area contributed by atoms with Gasteiger partial charge < -0.3 is 10.2 Å². The van der Waals surface area contributed by atoms with Crippen molar-refractivity contribution in [1.82, 2.24) is 20.2 Å². The van der Waals surface area contributed by atoms with E-state index >= 15 is 0 Å². The zero-order valence-electron chi connectivity index (χ0n) is 24.4. The van der Waals surface area contributed by atoms with E-state index in [1.54, 1.807) is 0 Å². The number of para-hydroxylation sites is 1. The molecule has 0 bridgehead atoms. The van der Waals surface area contributed by atoms with Gasteiger partial charge in [0.25, 0.3) is 0 Å². The molecule has 2 heterocycles. The van der Waals surface area contributed by atoms with Crippen LogP contribution in [0.25, 0.3) is 22.0 Å². The predicted molar refractivity (Wildman–Crippen MR) is 163 cm³/mol. The minimum absolute atomic E-state index is 0.260. The van der Waals surface area contributed by atoms with Gasteiger partial charge in [-0.1, -0.05) is 73.2 Å². The molecule has 9 heteroatoms. The molecule has 0 unspecified atom stereocenters. The Morgan fingerprint density at radius 2 is 1.51 bits per heavy atom. The molecule has 4 aromatic rings. The number of fused-ring (bicyclic) bond motifs is 4.